The van der Waals surface area contributed by atoms with Crippen molar-refractivity contribution in [3.63, 3.8) is 0 Å². The van der Waals surface area contributed by atoms with Crippen LogP contribution in [0.15, 0.2) is 52.9 Å². The standard InChI is InChI=1S/C18H14ClN5OS3.ClH/c1-11-9-27-18(21-11)23-16-14(25-12-5-3-2-4-6-12)7-13(8-20-16)26-10-15-22-17(19)28-24-15;/h2-9H,10H2,1H3,(H,20,21,23);1H. The number of anilines is 2. The molecular formula is C18H15Cl2N5OS3. The molecule has 3 aromatic heterocycles. The minimum atomic E-state index is 0. The number of aryl methyl sites for hydroxylation is 1. The number of hydrogen-bond donors (Lipinski definition) is 1. The zero-order valence-electron chi connectivity index (χ0n) is 15.0. The van der Waals surface area contributed by atoms with Gasteiger partial charge in [-0.15, -0.1) is 35.5 Å². The number of benzene rings is 1. The van der Waals surface area contributed by atoms with Crippen molar-refractivity contribution in [1.82, 2.24) is 19.3 Å². The van der Waals surface area contributed by atoms with E-state index in [1.807, 2.05) is 48.7 Å². The summed E-state index contributed by atoms with van der Waals surface area (Å²) in [5.41, 5.74) is 0.958. The summed E-state index contributed by atoms with van der Waals surface area (Å²) in [6.45, 7) is 1.95. The van der Waals surface area contributed by atoms with E-state index in [1.165, 1.54) is 22.9 Å². The lowest BCUT2D eigenvalue weighted by molar-refractivity contribution is 0.481. The summed E-state index contributed by atoms with van der Waals surface area (Å²) in [7, 11) is 0. The van der Waals surface area contributed by atoms with Crippen molar-refractivity contribution in [2.45, 2.75) is 17.6 Å². The zero-order valence-corrected chi connectivity index (χ0v) is 19.1. The minimum Gasteiger partial charge on any atom is -0.453 e. The summed E-state index contributed by atoms with van der Waals surface area (Å²) in [5.74, 6) is 3.27. The third-order valence-electron chi connectivity index (χ3n) is 3.45. The van der Waals surface area contributed by atoms with Gasteiger partial charge in [-0.2, -0.15) is 4.37 Å². The Morgan fingerprint density at radius 1 is 1.21 bits per heavy atom. The van der Waals surface area contributed by atoms with E-state index in [2.05, 4.69) is 24.6 Å². The molecule has 0 spiro atoms. The molecule has 4 aromatic rings. The van der Waals surface area contributed by atoms with Crippen LogP contribution in [-0.4, -0.2) is 19.3 Å². The van der Waals surface area contributed by atoms with Crippen molar-refractivity contribution < 1.29 is 4.74 Å². The lowest BCUT2D eigenvalue weighted by Crippen LogP contribution is -1.98. The highest BCUT2D eigenvalue weighted by Crippen LogP contribution is 2.35. The third-order valence-corrected chi connectivity index (χ3v) is 6.12. The van der Waals surface area contributed by atoms with E-state index >= 15 is 0 Å². The van der Waals surface area contributed by atoms with Crippen LogP contribution in [0.3, 0.4) is 0 Å². The second-order valence-corrected chi connectivity index (χ2v) is 8.84. The Hall–Kier alpha value is -1.91. The number of rotatable bonds is 7. The van der Waals surface area contributed by atoms with Gasteiger partial charge in [0, 0.05) is 16.5 Å². The van der Waals surface area contributed by atoms with Crippen LogP contribution in [0, 0.1) is 6.92 Å². The van der Waals surface area contributed by atoms with Crippen LogP contribution in [0.4, 0.5) is 10.9 Å². The Balaban J connectivity index is 0.00000240. The highest BCUT2D eigenvalue weighted by atomic mass is 35.5. The highest BCUT2D eigenvalue weighted by molar-refractivity contribution is 7.98. The van der Waals surface area contributed by atoms with Crippen LogP contribution in [0.5, 0.6) is 11.5 Å². The summed E-state index contributed by atoms with van der Waals surface area (Å²) in [5, 5.41) is 5.99. The van der Waals surface area contributed by atoms with Crippen LogP contribution < -0.4 is 10.1 Å². The van der Waals surface area contributed by atoms with E-state index in [9.17, 15) is 0 Å². The number of nitrogens with one attached hydrogen (secondary N) is 1. The van der Waals surface area contributed by atoms with Gasteiger partial charge in [0.15, 0.2) is 22.5 Å². The number of hydrogen-bond acceptors (Lipinski definition) is 9. The second-order valence-electron chi connectivity index (χ2n) is 5.60. The molecule has 0 saturated carbocycles. The van der Waals surface area contributed by atoms with Crippen molar-refractivity contribution in [3.05, 3.63) is 64.0 Å². The molecule has 0 aliphatic heterocycles. The lowest BCUT2D eigenvalue weighted by atomic mass is 10.3. The SMILES string of the molecule is Cc1csc(Nc2ncc(SCc3nsc(Cl)n3)cc2Oc2ccccc2)n1.Cl. The number of thiazole rings is 1. The molecule has 3 heterocycles. The first-order valence-electron chi connectivity index (χ1n) is 8.19. The summed E-state index contributed by atoms with van der Waals surface area (Å²) in [6.07, 6.45) is 1.79. The van der Waals surface area contributed by atoms with Crippen LogP contribution >= 0.6 is 58.6 Å². The predicted octanol–water partition coefficient (Wildman–Crippen LogP) is 6.60. The van der Waals surface area contributed by atoms with E-state index in [4.69, 9.17) is 16.3 Å². The summed E-state index contributed by atoms with van der Waals surface area (Å²) >= 11 is 10.1. The van der Waals surface area contributed by atoms with Gasteiger partial charge in [-0.1, -0.05) is 18.2 Å². The summed E-state index contributed by atoms with van der Waals surface area (Å²) in [4.78, 5) is 14.1. The number of nitrogens with zero attached hydrogens (tertiary/aromatic N) is 4. The molecule has 0 aliphatic rings. The van der Waals surface area contributed by atoms with Gasteiger partial charge >= 0.3 is 0 Å². The molecule has 1 N–H and O–H groups in total. The highest BCUT2D eigenvalue weighted by Gasteiger charge is 2.12. The van der Waals surface area contributed by atoms with E-state index in [1.54, 1.807) is 18.0 Å². The van der Waals surface area contributed by atoms with E-state index in [0.717, 1.165) is 21.5 Å². The molecule has 0 atom stereocenters. The van der Waals surface area contributed by atoms with Crippen LogP contribution in [0.1, 0.15) is 11.5 Å². The normalized spacial score (nSPS) is 10.4. The van der Waals surface area contributed by atoms with Crippen molar-refractivity contribution in [3.8, 4) is 11.5 Å². The Morgan fingerprint density at radius 3 is 2.72 bits per heavy atom. The molecule has 0 unspecified atom stereocenters. The maximum atomic E-state index is 6.07. The first-order valence-corrected chi connectivity index (χ1v) is 11.2. The van der Waals surface area contributed by atoms with Gasteiger partial charge in [-0.05, 0) is 48.3 Å². The number of thioether (sulfide) groups is 1. The van der Waals surface area contributed by atoms with Crippen molar-refractivity contribution in [1.29, 1.82) is 0 Å². The fourth-order valence-corrected chi connectivity index (χ4v) is 4.39. The predicted molar refractivity (Wildman–Crippen MR) is 123 cm³/mol. The Morgan fingerprint density at radius 2 is 2.03 bits per heavy atom. The molecule has 0 amide bonds. The largest absolute Gasteiger partial charge is 0.453 e. The van der Waals surface area contributed by atoms with Gasteiger partial charge in [-0.25, -0.2) is 15.0 Å². The van der Waals surface area contributed by atoms with Crippen molar-refractivity contribution >= 4 is 69.6 Å². The van der Waals surface area contributed by atoms with E-state index in [-0.39, 0.29) is 12.4 Å². The van der Waals surface area contributed by atoms with Gasteiger partial charge in [0.25, 0.3) is 0 Å². The Kier molecular flexibility index (Phi) is 7.68. The molecule has 0 saturated heterocycles. The van der Waals surface area contributed by atoms with Gasteiger partial charge in [0.05, 0.1) is 11.4 Å². The first-order chi connectivity index (χ1) is 13.7. The molecular weight excluding hydrogens is 469 g/mol. The summed E-state index contributed by atoms with van der Waals surface area (Å²) in [6, 6.07) is 11.5. The van der Waals surface area contributed by atoms with Crippen LogP contribution in [-0.2, 0) is 5.75 Å². The second kappa shape index (κ2) is 10.2. The minimum absolute atomic E-state index is 0. The molecule has 1 aromatic carbocycles. The third kappa shape index (κ3) is 6.03. The fourth-order valence-electron chi connectivity index (χ4n) is 2.24. The van der Waals surface area contributed by atoms with Gasteiger partial charge in [0.1, 0.15) is 5.75 Å². The molecule has 29 heavy (non-hydrogen) atoms. The number of pyridine rings is 1. The van der Waals surface area contributed by atoms with Crippen LogP contribution in [0.2, 0.25) is 4.47 Å². The van der Waals surface area contributed by atoms with Gasteiger partial charge < -0.3 is 10.1 Å². The number of halogens is 2. The Labute approximate surface area is 191 Å². The number of aromatic nitrogens is 4. The number of para-hydroxylation sites is 1. The number of ether oxygens (including phenoxy) is 1. The zero-order chi connectivity index (χ0) is 19.3. The Bertz CT molecular complexity index is 1070. The monoisotopic (exact) mass is 483 g/mol. The molecule has 11 heteroatoms. The maximum Gasteiger partial charge on any atom is 0.203 e. The topological polar surface area (TPSA) is 72.8 Å². The molecule has 0 aliphatic carbocycles. The van der Waals surface area contributed by atoms with Crippen molar-refractivity contribution in [2.24, 2.45) is 0 Å². The molecule has 0 radical (unpaired) electrons. The quantitative estimate of drug-likeness (QED) is 0.296. The molecule has 0 bridgehead atoms. The molecule has 4 rings (SSSR count). The molecule has 0 fully saturated rings. The average Bonchev–Trinajstić information content (AvgIpc) is 3.30. The first kappa shape index (κ1) is 21.8. The molecule has 6 nitrogen and oxygen atoms in total. The van der Waals surface area contributed by atoms with Crippen molar-refractivity contribution in [2.75, 3.05) is 5.32 Å². The average molecular weight is 484 g/mol. The van der Waals surface area contributed by atoms with Crippen LogP contribution in [0.25, 0.3) is 0 Å². The lowest BCUT2D eigenvalue weighted by Gasteiger charge is -2.12. The van der Waals surface area contributed by atoms with Gasteiger partial charge in [0.2, 0.25) is 4.47 Å². The summed E-state index contributed by atoms with van der Waals surface area (Å²) < 4.78 is 10.7. The fraction of sp³-hybridized carbons (Fsp3) is 0.111. The maximum absolute atomic E-state index is 6.07. The van der Waals surface area contributed by atoms with Gasteiger partial charge in [-0.3, -0.25) is 0 Å². The molecule has 150 valence electrons. The smallest absolute Gasteiger partial charge is 0.203 e. The van der Waals surface area contributed by atoms with E-state index < -0.39 is 0 Å². The van der Waals surface area contributed by atoms with E-state index in [0.29, 0.717) is 27.6 Å².